The molecule has 0 bridgehead atoms. The van der Waals surface area contributed by atoms with Gasteiger partial charge in [-0.2, -0.15) is 0 Å². The Hall–Kier alpha value is -2.21. The number of rotatable bonds is 6. The third-order valence-electron chi connectivity index (χ3n) is 4.74. The molecule has 0 spiro atoms. The molecule has 1 aliphatic rings. The van der Waals surface area contributed by atoms with E-state index in [1.54, 1.807) is 6.26 Å². The Kier molecular flexibility index (Phi) is 6.17. The lowest BCUT2D eigenvalue weighted by molar-refractivity contribution is 0.146. The molecule has 1 fully saturated rings. The fourth-order valence-electron chi connectivity index (χ4n) is 3.39. The van der Waals surface area contributed by atoms with Crippen LogP contribution in [-0.2, 0) is 13.6 Å². The maximum Gasteiger partial charge on any atom is 0.191 e. The van der Waals surface area contributed by atoms with Gasteiger partial charge < -0.3 is 19.6 Å². The predicted molar refractivity (Wildman–Crippen MR) is 100 cm³/mol. The largest absolute Gasteiger partial charge is 0.468 e. The van der Waals surface area contributed by atoms with Crippen LogP contribution in [0.15, 0.2) is 46.3 Å². The molecule has 1 saturated heterocycles. The van der Waals surface area contributed by atoms with Gasteiger partial charge in [0.05, 0.1) is 12.3 Å². The van der Waals surface area contributed by atoms with Gasteiger partial charge in [0.25, 0.3) is 0 Å². The zero-order chi connectivity index (χ0) is 17.5. The van der Waals surface area contributed by atoms with Gasteiger partial charge in [0.15, 0.2) is 5.96 Å². The van der Waals surface area contributed by atoms with E-state index in [0.29, 0.717) is 0 Å². The van der Waals surface area contributed by atoms with Gasteiger partial charge in [0.2, 0.25) is 0 Å². The average molecular weight is 343 g/mol. The molecule has 0 amide bonds. The summed E-state index contributed by atoms with van der Waals surface area (Å²) >= 11 is 0. The zero-order valence-corrected chi connectivity index (χ0v) is 15.2. The van der Waals surface area contributed by atoms with Gasteiger partial charge in [-0.15, -0.1) is 0 Å². The summed E-state index contributed by atoms with van der Waals surface area (Å²) in [6, 6.07) is 6.39. The number of nitrogens with zero attached hydrogens (tertiary/aromatic N) is 3. The summed E-state index contributed by atoms with van der Waals surface area (Å²) in [5.41, 5.74) is 1.24. The molecular formula is C19H29N5O. The molecule has 2 aromatic rings. The van der Waals surface area contributed by atoms with Crippen molar-refractivity contribution in [1.82, 2.24) is 20.1 Å². The molecule has 136 valence electrons. The molecule has 6 heteroatoms. The van der Waals surface area contributed by atoms with Crippen molar-refractivity contribution < 1.29 is 4.42 Å². The van der Waals surface area contributed by atoms with Crippen LogP contribution in [0.5, 0.6) is 0 Å². The second-order valence-electron chi connectivity index (χ2n) is 6.62. The van der Waals surface area contributed by atoms with E-state index in [-0.39, 0.29) is 6.04 Å². The van der Waals surface area contributed by atoms with Gasteiger partial charge in [0, 0.05) is 39.6 Å². The van der Waals surface area contributed by atoms with E-state index in [1.807, 2.05) is 20.2 Å². The van der Waals surface area contributed by atoms with Gasteiger partial charge >= 0.3 is 0 Å². The summed E-state index contributed by atoms with van der Waals surface area (Å²) in [6.45, 7) is 3.80. The van der Waals surface area contributed by atoms with E-state index < -0.39 is 0 Å². The third-order valence-corrected chi connectivity index (χ3v) is 4.74. The van der Waals surface area contributed by atoms with Crippen LogP contribution in [-0.4, -0.2) is 42.1 Å². The van der Waals surface area contributed by atoms with Crippen molar-refractivity contribution >= 4 is 5.96 Å². The molecule has 1 atom stereocenters. The highest BCUT2D eigenvalue weighted by Crippen LogP contribution is 2.24. The lowest BCUT2D eigenvalue weighted by atomic mass is 10.1. The molecule has 0 saturated carbocycles. The average Bonchev–Trinajstić information content (AvgIpc) is 3.31. The Morgan fingerprint density at radius 3 is 2.72 bits per heavy atom. The number of likely N-dealkylation sites (tertiary alicyclic amines) is 1. The molecule has 6 nitrogen and oxygen atoms in total. The van der Waals surface area contributed by atoms with E-state index >= 15 is 0 Å². The number of piperidine rings is 1. The Morgan fingerprint density at radius 2 is 2.08 bits per heavy atom. The van der Waals surface area contributed by atoms with E-state index in [4.69, 9.17) is 4.42 Å². The minimum Gasteiger partial charge on any atom is -0.468 e. The van der Waals surface area contributed by atoms with Crippen LogP contribution in [0.25, 0.3) is 0 Å². The number of hydrogen-bond acceptors (Lipinski definition) is 3. The smallest absolute Gasteiger partial charge is 0.191 e. The Labute approximate surface area is 149 Å². The number of aryl methyl sites for hydroxylation is 1. The van der Waals surface area contributed by atoms with Gasteiger partial charge in [-0.1, -0.05) is 6.42 Å². The molecule has 25 heavy (non-hydrogen) atoms. The van der Waals surface area contributed by atoms with Crippen molar-refractivity contribution in [1.29, 1.82) is 0 Å². The molecule has 0 aliphatic carbocycles. The van der Waals surface area contributed by atoms with Crippen LogP contribution >= 0.6 is 0 Å². The van der Waals surface area contributed by atoms with Crippen molar-refractivity contribution in [3.05, 3.63) is 48.2 Å². The Balaban J connectivity index is 1.57. The van der Waals surface area contributed by atoms with E-state index in [9.17, 15) is 0 Å². The second-order valence-corrected chi connectivity index (χ2v) is 6.62. The zero-order valence-electron chi connectivity index (χ0n) is 15.2. The highest BCUT2D eigenvalue weighted by Gasteiger charge is 2.24. The Morgan fingerprint density at radius 1 is 1.24 bits per heavy atom. The van der Waals surface area contributed by atoms with Crippen molar-refractivity contribution in [2.75, 3.05) is 26.7 Å². The number of nitrogens with one attached hydrogen (secondary N) is 2. The third kappa shape index (κ3) is 4.89. The van der Waals surface area contributed by atoms with Crippen LogP contribution in [0.1, 0.15) is 36.6 Å². The lowest BCUT2D eigenvalue weighted by Crippen LogP contribution is -2.44. The van der Waals surface area contributed by atoms with Crippen LogP contribution in [0.4, 0.5) is 0 Å². The SMILES string of the molecule is CN=C(NCc1ccn(C)c1)NCC(c1ccco1)N1CCCCC1. The van der Waals surface area contributed by atoms with Gasteiger partial charge in [-0.05, 0) is 49.7 Å². The number of guanidine groups is 1. The summed E-state index contributed by atoms with van der Waals surface area (Å²) < 4.78 is 7.75. The molecule has 2 N–H and O–H groups in total. The summed E-state index contributed by atoms with van der Waals surface area (Å²) in [5, 5.41) is 6.84. The monoisotopic (exact) mass is 343 g/mol. The summed E-state index contributed by atoms with van der Waals surface area (Å²) in [7, 11) is 3.84. The highest BCUT2D eigenvalue weighted by atomic mass is 16.3. The fraction of sp³-hybridized carbons (Fsp3) is 0.526. The van der Waals surface area contributed by atoms with E-state index in [1.165, 1.54) is 24.8 Å². The van der Waals surface area contributed by atoms with Crippen LogP contribution in [0.3, 0.4) is 0 Å². The molecule has 2 aromatic heterocycles. The van der Waals surface area contributed by atoms with E-state index in [2.05, 4.69) is 49.6 Å². The fourth-order valence-corrected chi connectivity index (χ4v) is 3.39. The van der Waals surface area contributed by atoms with Gasteiger partial charge in [-0.25, -0.2) is 0 Å². The predicted octanol–water partition coefficient (Wildman–Crippen LogP) is 2.51. The first kappa shape index (κ1) is 17.6. The van der Waals surface area contributed by atoms with E-state index in [0.717, 1.165) is 37.9 Å². The number of aromatic nitrogens is 1. The Bertz CT molecular complexity index is 655. The normalized spacial score (nSPS) is 17.4. The van der Waals surface area contributed by atoms with Crippen molar-refractivity contribution in [3.63, 3.8) is 0 Å². The first-order valence-corrected chi connectivity index (χ1v) is 9.09. The molecule has 1 unspecified atom stereocenters. The highest BCUT2D eigenvalue weighted by molar-refractivity contribution is 5.79. The van der Waals surface area contributed by atoms with Gasteiger partial charge in [0.1, 0.15) is 5.76 Å². The molecule has 3 heterocycles. The van der Waals surface area contributed by atoms with Gasteiger partial charge in [-0.3, -0.25) is 9.89 Å². The first-order valence-electron chi connectivity index (χ1n) is 9.09. The molecule has 0 aromatic carbocycles. The maximum absolute atomic E-state index is 5.70. The quantitative estimate of drug-likeness (QED) is 0.625. The first-order chi connectivity index (χ1) is 12.3. The molecule has 1 aliphatic heterocycles. The molecular weight excluding hydrogens is 314 g/mol. The van der Waals surface area contributed by atoms with Crippen LogP contribution in [0.2, 0.25) is 0 Å². The minimum atomic E-state index is 0.241. The summed E-state index contributed by atoms with van der Waals surface area (Å²) in [6.07, 6.45) is 9.77. The second kappa shape index (κ2) is 8.76. The topological polar surface area (TPSA) is 57.7 Å². The summed E-state index contributed by atoms with van der Waals surface area (Å²) in [4.78, 5) is 6.86. The van der Waals surface area contributed by atoms with Crippen molar-refractivity contribution in [2.45, 2.75) is 31.8 Å². The van der Waals surface area contributed by atoms with Crippen molar-refractivity contribution in [3.8, 4) is 0 Å². The number of hydrogen-bond donors (Lipinski definition) is 2. The summed E-state index contributed by atoms with van der Waals surface area (Å²) in [5.74, 6) is 1.84. The van der Waals surface area contributed by atoms with Crippen molar-refractivity contribution in [2.24, 2.45) is 12.0 Å². The number of aliphatic imine (C=N–C) groups is 1. The number of furan rings is 1. The maximum atomic E-state index is 5.70. The minimum absolute atomic E-state index is 0.241. The van der Waals surface area contributed by atoms with Crippen LogP contribution < -0.4 is 10.6 Å². The van der Waals surface area contributed by atoms with Crippen LogP contribution in [0, 0.1) is 0 Å². The lowest BCUT2D eigenvalue weighted by Gasteiger charge is -2.33. The molecule has 0 radical (unpaired) electrons. The molecule has 3 rings (SSSR count). The standard InChI is InChI=1S/C19H29N5O/c1-20-19(21-13-16-8-11-23(2)15-16)22-14-17(18-7-6-12-25-18)24-9-4-3-5-10-24/h6-8,11-12,15,17H,3-5,9-10,13-14H2,1-2H3,(H2,20,21,22).